The summed E-state index contributed by atoms with van der Waals surface area (Å²) < 4.78 is 5.23. The van der Waals surface area contributed by atoms with Crippen molar-refractivity contribution >= 4 is 29.4 Å². The fraction of sp³-hybridized carbons (Fsp3) is 0.250. The summed E-state index contributed by atoms with van der Waals surface area (Å²) in [5, 5.41) is 5.54. The second-order valence-corrected chi connectivity index (χ2v) is 7.95. The molecule has 4 rings (SSSR count). The maximum atomic E-state index is 12.9. The molecule has 0 aromatic heterocycles. The average molecular weight is 433 g/mol. The normalized spacial score (nSPS) is 17.6. The number of cyclic esters (lactones) is 1. The number of hydrogen-bond donors (Lipinski definition) is 2. The molecule has 1 atom stereocenters. The van der Waals surface area contributed by atoms with E-state index in [-0.39, 0.29) is 18.9 Å². The van der Waals surface area contributed by atoms with Crippen molar-refractivity contribution in [1.29, 1.82) is 0 Å². The minimum absolute atomic E-state index is 0.0734. The van der Waals surface area contributed by atoms with Gasteiger partial charge >= 0.3 is 12.0 Å². The molecule has 0 fully saturated rings. The third kappa shape index (κ3) is 3.99. The van der Waals surface area contributed by atoms with Gasteiger partial charge in [-0.1, -0.05) is 35.9 Å². The lowest BCUT2D eigenvalue weighted by Crippen LogP contribution is -2.49. The highest BCUT2D eigenvalue weighted by Crippen LogP contribution is 2.36. The van der Waals surface area contributed by atoms with Crippen molar-refractivity contribution in [3.63, 3.8) is 0 Å². The number of nitrogens with one attached hydrogen (secondary N) is 2. The lowest BCUT2D eigenvalue weighted by atomic mass is 9.91. The molecule has 3 amide bonds. The number of anilines is 1. The van der Waals surface area contributed by atoms with Crippen LogP contribution in [-0.2, 0) is 14.3 Å². The van der Waals surface area contributed by atoms with Crippen LogP contribution in [0.25, 0.3) is 0 Å². The predicted molar refractivity (Wildman–Crippen MR) is 117 cm³/mol. The quantitative estimate of drug-likeness (QED) is 0.557. The Bertz CT molecular complexity index is 1180. The number of carbonyl (C=O) groups is 4. The summed E-state index contributed by atoms with van der Waals surface area (Å²) in [5.74, 6) is -1.09. The van der Waals surface area contributed by atoms with Gasteiger partial charge < -0.3 is 15.4 Å². The Hall–Kier alpha value is -3.94. The van der Waals surface area contributed by atoms with Gasteiger partial charge in [0.1, 0.15) is 13.2 Å². The Morgan fingerprint density at radius 1 is 1.16 bits per heavy atom. The molecule has 8 heteroatoms. The monoisotopic (exact) mass is 433 g/mol. The van der Waals surface area contributed by atoms with Gasteiger partial charge in [0.2, 0.25) is 5.91 Å². The zero-order valence-corrected chi connectivity index (χ0v) is 18.0. The van der Waals surface area contributed by atoms with E-state index in [0.717, 1.165) is 16.7 Å². The third-order valence-corrected chi connectivity index (χ3v) is 5.60. The maximum absolute atomic E-state index is 12.9. The third-order valence-electron chi connectivity index (χ3n) is 5.60. The number of ether oxygens (including phenoxy) is 1. The number of nitrogens with zero attached hydrogens (tertiary/aromatic N) is 1. The Balaban J connectivity index is 1.60. The van der Waals surface area contributed by atoms with Gasteiger partial charge in [0.25, 0.3) is 0 Å². The predicted octanol–water partition coefficient (Wildman–Crippen LogP) is 3.02. The van der Waals surface area contributed by atoms with E-state index in [1.807, 2.05) is 32.0 Å². The summed E-state index contributed by atoms with van der Waals surface area (Å²) >= 11 is 0. The number of rotatable bonds is 5. The Kier molecular flexibility index (Phi) is 5.52. The number of amides is 3. The van der Waals surface area contributed by atoms with Gasteiger partial charge in [-0.2, -0.15) is 0 Å². The van der Waals surface area contributed by atoms with Crippen molar-refractivity contribution < 1.29 is 23.9 Å². The van der Waals surface area contributed by atoms with Gasteiger partial charge in [-0.3, -0.25) is 14.5 Å². The first-order chi connectivity index (χ1) is 15.2. The minimum atomic E-state index is -0.640. The molecule has 0 bridgehead atoms. The van der Waals surface area contributed by atoms with Crippen LogP contribution in [-0.4, -0.2) is 41.7 Å². The topological polar surface area (TPSA) is 105 Å². The smallest absolute Gasteiger partial charge is 0.338 e. The van der Waals surface area contributed by atoms with E-state index < -0.39 is 23.9 Å². The first-order valence-corrected chi connectivity index (χ1v) is 10.2. The first kappa shape index (κ1) is 21.3. The maximum Gasteiger partial charge on any atom is 0.338 e. The summed E-state index contributed by atoms with van der Waals surface area (Å²) in [4.78, 5) is 50.9. The van der Waals surface area contributed by atoms with E-state index in [0.29, 0.717) is 22.5 Å². The first-order valence-electron chi connectivity index (χ1n) is 10.2. The summed E-state index contributed by atoms with van der Waals surface area (Å²) in [7, 11) is 0. The molecule has 2 aromatic carbocycles. The molecule has 164 valence electrons. The van der Waals surface area contributed by atoms with Crippen LogP contribution in [0.5, 0.6) is 0 Å². The van der Waals surface area contributed by atoms with Crippen molar-refractivity contribution in [3.8, 4) is 0 Å². The number of esters is 1. The summed E-state index contributed by atoms with van der Waals surface area (Å²) in [6.45, 7) is 4.92. The van der Waals surface area contributed by atoms with Gasteiger partial charge in [0, 0.05) is 11.3 Å². The van der Waals surface area contributed by atoms with E-state index in [4.69, 9.17) is 4.74 Å². The van der Waals surface area contributed by atoms with E-state index in [2.05, 4.69) is 10.6 Å². The van der Waals surface area contributed by atoms with Crippen LogP contribution in [0.1, 0.15) is 40.0 Å². The number of Topliss-reactive ketones (excluding diaryl/α,β-unsaturated/α-hetero) is 1. The van der Waals surface area contributed by atoms with Crippen molar-refractivity contribution in [2.75, 3.05) is 18.5 Å². The molecular formula is C24H23N3O5. The van der Waals surface area contributed by atoms with Crippen LogP contribution >= 0.6 is 0 Å². The molecule has 1 unspecified atom stereocenters. The Morgan fingerprint density at radius 2 is 1.94 bits per heavy atom. The van der Waals surface area contributed by atoms with Crippen molar-refractivity contribution in [2.24, 2.45) is 0 Å². The van der Waals surface area contributed by atoms with Crippen molar-refractivity contribution in [1.82, 2.24) is 10.2 Å². The number of ketones is 1. The molecule has 0 spiro atoms. The van der Waals surface area contributed by atoms with E-state index in [1.165, 1.54) is 11.8 Å². The van der Waals surface area contributed by atoms with E-state index >= 15 is 0 Å². The standard InChI is InChI=1S/C24H23N3O5/c1-13-7-8-14(2)18(9-13)22-21-19(12-32-23(21)30)27(24(31)26-22)11-20(29)25-17-6-4-5-16(10-17)15(3)28/h4-10,22H,11-12H2,1-3H3,(H,25,29)(H,26,31). The summed E-state index contributed by atoms with van der Waals surface area (Å²) in [6.07, 6.45) is 0. The van der Waals surface area contributed by atoms with Crippen LogP contribution in [0.15, 0.2) is 53.7 Å². The number of hydrogen-bond acceptors (Lipinski definition) is 5. The zero-order chi connectivity index (χ0) is 23.0. The van der Waals surface area contributed by atoms with Gasteiger partial charge in [-0.05, 0) is 44.0 Å². The molecule has 2 heterocycles. The number of aryl methyl sites for hydroxylation is 2. The van der Waals surface area contributed by atoms with Crippen LogP contribution in [0.2, 0.25) is 0 Å². The fourth-order valence-corrected chi connectivity index (χ4v) is 3.94. The van der Waals surface area contributed by atoms with Gasteiger partial charge in [-0.15, -0.1) is 0 Å². The fourth-order valence-electron chi connectivity index (χ4n) is 3.94. The van der Waals surface area contributed by atoms with Gasteiger partial charge in [-0.25, -0.2) is 9.59 Å². The molecule has 0 radical (unpaired) electrons. The van der Waals surface area contributed by atoms with Crippen LogP contribution in [0.4, 0.5) is 10.5 Å². The molecule has 2 aromatic rings. The SMILES string of the molecule is CC(=O)c1cccc(NC(=O)CN2C(=O)NC(c3cc(C)ccc3C)C3=C2COC3=O)c1. The summed E-state index contributed by atoms with van der Waals surface area (Å²) in [5.41, 5.74) is 4.39. The highest BCUT2D eigenvalue weighted by molar-refractivity contribution is 6.01. The lowest BCUT2D eigenvalue weighted by Gasteiger charge is -2.33. The van der Waals surface area contributed by atoms with E-state index in [9.17, 15) is 19.2 Å². The average Bonchev–Trinajstić information content (AvgIpc) is 3.13. The minimum Gasteiger partial charge on any atom is -0.456 e. The van der Waals surface area contributed by atoms with Crippen LogP contribution in [0.3, 0.4) is 0 Å². The molecular weight excluding hydrogens is 410 g/mol. The molecule has 32 heavy (non-hydrogen) atoms. The largest absolute Gasteiger partial charge is 0.456 e. The molecule has 0 saturated heterocycles. The van der Waals surface area contributed by atoms with Gasteiger partial charge in [0.15, 0.2) is 5.78 Å². The molecule has 2 N–H and O–H groups in total. The Morgan fingerprint density at radius 3 is 2.69 bits per heavy atom. The van der Waals surface area contributed by atoms with Crippen LogP contribution in [0, 0.1) is 13.8 Å². The lowest BCUT2D eigenvalue weighted by molar-refractivity contribution is -0.136. The highest BCUT2D eigenvalue weighted by atomic mass is 16.5. The van der Waals surface area contributed by atoms with E-state index in [1.54, 1.807) is 24.3 Å². The molecule has 8 nitrogen and oxygen atoms in total. The van der Waals surface area contributed by atoms with Crippen molar-refractivity contribution in [2.45, 2.75) is 26.8 Å². The van der Waals surface area contributed by atoms with Gasteiger partial charge in [0.05, 0.1) is 17.3 Å². The van der Waals surface area contributed by atoms with Crippen LogP contribution < -0.4 is 10.6 Å². The second-order valence-electron chi connectivity index (χ2n) is 7.95. The number of benzene rings is 2. The number of urea groups is 1. The zero-order valence-electron chi connectivity index (χ0n) is 18.0. The summed E-state index contributed by atoms with van der Waals surface area (Å²) in [6, 6.07) is 11.3. The molecule has 2 aliphatic rings. The van der Waals surface area contributed by atoms with Crippen molar-refractivity contribution in [3.05, 3.63) is 76.0 Å². The molecule has 0 aliphatic carbocycles. The molecule has 2 aliphatic heterocycles. The molecule has 0 saturated carbocycles. The highest BCUT2D eigenvalue weighted by Gasteiger charge is 2.43. The Labute approximate surface area is 185 Å². The number of carbonyl (C=O) groups excluding carboxylic acids is 4. The second kappa shape index (κ2) is 8.30.